The van der Waals surface area contributed by atoms with Gasteiger partial charge in [0.25, 0.3) is 5.91 Å². The van der Waals surface area contributed by atoms with Crippen LogP contribution >= 0.6 is 23.2 Å². The van der Waals surface area contributed by atoms with Crippen LogP contribution in [0.15, 0.2) is 72.8 Å². The fourth-order valence-electron chi connectivity index (χ4n) is 4.75. The van der Waals surface area contributed by atoms with Crippen molar-refractivity contribution < 1.29 is 18.0 Å². The fourth-order valence-corrected chi connectivity index (χ4v) is 6.40. The van der Waals surface area contributed by atoms with Crippen molar-refractivity contribution in [1.82, 2.24) is 10.2 Å². The molecule has 1 atom stereocenters. The summed E-state index contributed by atoms with van der Waals surface area (Å²) in [5.41, 5.74) is 7.85. The number of hydrogen-bond donors (Lipinski definition) is 3. The summed E-state index contributed by atoms with van der Waals surface area (Å²) in [6.45, 7) is 2.86. The molecule has 0 radical (unpaired) electrons. The van der Waals surface area contributed by atoms with Gasteiger partial charge in [-0.1, -0.05) is 53.5 Å². The molecule has 8 nitrogen and oxygen atoms in total. The van der Waals surface area contributed by atoms with E-state index in [4.69, 9.17) is 28.9 Å². The highest BCUT2D eigenvalue weighted by molar-refractivity contribution is 7.92. The van der Waals surface area contributed by atoms with Crippen molar-refractivity contribution in [2.24, 2.45) is 11.7 Å². The first-order valence-corrected chi connectivity index (χ1v) is 14.8. The van der Waals surface area contributed by atoms with Crippen LogP contribution < -0.4 is 15.8 Å². The van der Waals surface area contributed by atoms with Crippen molar-refractivity contribution in [3.8, 4) is 0 Å². The molecule has 0 spiro atoms. The van der Waals surface area contributed by atoms with Crippen molar-refractivity contribution >= 4 is 50.7 Å². The van der Waals surface area contributed by atoms with Gasteiger partial charge in [0.2, 0.25) is 15.9 Å². The predicted molar refractivity (Wildman–Crippen MR) is 154 cm³/mol. The number of sulfonamides is 1. The highest BCUT2D eigenvalue weighted by Crippen LogP contribution is 2.35. The Labute approximate surface area is 238 Å². The van der Waals surface area contributed by atoms with Gasteiger partial charge in [-0.2, -0.15) is 0 Å². The van der Waals surface area contributed by atoms with Crippen molar-refractivity contribution in [2.45, 2.75) is 25.4 Å². The van der Waals surface area contributed by atoms with Crippen LogP contribution in [0.3, 0.4) is 0 Å². The molecule has 206 valence electrons. The molecule has 1 saturated heterocycles. The third-order valence-corrected chi connectivity index (χ3v) is 8.42. The van der Waals surface area contributed by atoms with Crippen LogP contribution in [0, 0.1) is 5.92 Å². The molecule has 0 aliphatic carbocycles. The van der Waals surface area contributed by atoms with E-state index in [-0.39, 0.29) is 29.7 Å². The summed E-state index contributed by atoms with van der Waals surface area (Å²) in [7, 11) is -3.67. The standard InChI is InChI=1S/C28H30Cl2N4O4S/c1-18(13-26(31)35)32-28(36)22-3-2-4-25(14-22)33-39(37,38)17-19-15-34(16-19)27(20-5-9-23(29)10-6-20)21-7-11-24(30)12-8-21/h2-12,14,18-19,27,33H,13,15-17H2,1H3,(H2,31,35)(H,32,36)/t18-/m0/s1. The molecule has 11 heteroatoms. The van der Waals surface area contributed by atoms with E-state index in [2.05, 4.69) is 14.9 Å². The zero-order valence-corrected chi connectivity index (χ0v) is 23.6. The number of anilines is 1. The number of hydrogen-bond acceptors (Lipinski definition) is 5. The van der Waals surface area contributed by atoms with Crippen LogP contribution in [-0.4, -0.2) is 50.0 Å². The van der Waals surface area contributed by atoms with Gasteiger partial charge in [-0.25, -0.2) is 8.42 Å². The topological polar surface area (TPSA) is 122 Å². The minimum atomic E-state index is -3.67. The van der Waals surface area contributed by atoms with Crippen molar-refractivity contribution in [2.75, 3.05) is 23.6 Å². The van der Waals surface area contributed by atoms with Gasteiger partial charge in [0.1, 0.15) is 0 Å². The normalized spacial score (nSPS) is 15.0. The van der Waals surface area contributed by atoms with Crippen LogP contribution in [-0.2, 0) is 14.8 Å². The number of nitrogens with zero attached hydrogens (tertiary/aromatic N) is 1. The Balaban J connectivity index is 1.39. The number of nitrogens with one attached hydrogen (secondary N) is 2. The van der Waals surface area contributed by atoms with Gasteiger partial charge < -0.3 is 11.1 Å². The molecule has 1 heterocycles. The second-order valence-corrected chi connectivity index (χ2v) is 12.5. The Bertz CT molecular complexity index is 1380. The maximum Gasteiger partial charge on any atom is 0.251 e. The Morgan fingerprint density at radius 1 is 0.974 bits per heavy atom. The Morgan fingerprint density at radius 2 is 1.54 bits per heavy atom. The summed E-state index contributed by atoms with van der Waals surface area (Å²) >= 11 is 12.2. The number of carbonyl (C=O) groups excluding carboxylic acids is 2. The van der Waals surface area contributed by atoms with E-state index < -0.39 is 27.9 Å². The summed E-state index contributed by atoms with van der Waals surface area (Å²) in [6.07, 6.45) is 0.00730. The molecule has 3 aromatic rings. The minimum Gasteiger partial charge on any atom is -0.370 e. The number of nitrogens with two attached hydrogens (primary N) is 1. The molecule has 0 unspecified atom stereocenters. The molecule has 2 amide bonds. The summed E-state index contributed by atoms with van der Waals surface area (Å²) in [4.78, 5) is 25.8. The van der Waals surface area contributed by atoms with E-state index in [1.54, 1.807) is 25.1 Å². The van der Waals surface area contributed by atoms with Gasteiger partial charge in [-0.15, -0.1) is 0 Å². The summed E-state index contributed by atoms with van der Waals surface area (Å²) in [6, 6.07) is 21.0. The third kappa shape index (κ3) is 7.95. The lowest BCUT2D eigenvalue weighted by atomic mass is 9.91. The van der Waals surface area contributed by atoms with E-state index in [0.717, 1.165) is 11.1 Å². The van der Waals surface area contributed by atoms with Crippen LogP contribution in [0.4, 0.5) is 5.69 Å². The highest BCUT2D eigenvalue weighted by Gasteiger charge is 2.36. The Hall–Kier alpha value is -3.11. The highest BCUT2D eigenvalue weighted by atomic mass is 35.5. The van der Waals surface area contributed by atoms with E-state index in [1.807, 2.05) is 48.5 Å². The van der Waals surface area contributed by atoms with Crippen LogP contribution in [0.1, 0.15) is 40.9 Å². The lowest BCUT2D eigenvalue weighted by Crippen LogP contribution is -2.51. The SMILES string of the molecule is C[C@@H](CC(N)=O)NC(=O)c1cccc(NS(=O)(=O)CC2CN(C(c3ccc(Cl)cc3)c3ccc(Cl)cc3)C2)c1. The number of rotatable bonds is 11. The summed E-state index contributed by atoms with van der Waals surface area (Å²) < 4.78 is 28.5. The van der Waals surface area contributed by atoms with Gasteiger partial charge in [0, 0.05) is 52.8 Å². The summed E-state index contributed by atoms with van der Waals surface area (Å²) in [5.74, 6) is -1.06. The van der Waals surface area contributed by atoms with Crippen LogP contribution in [0.5, 0.6) is 0 Å². The first-order valence-electron chi connectivity index (χ1n) is 12.4. The van der Waals surface area contributed by atoms with Crippen molar-refractivity contribution in [3.05, 3.63) is 99.5 Å². The van der Waals surface area contributed by atoms with Gasteiger partial charge in [0.05, 0.1) is 11.8 Å². The second kappa shape index (κ2) is 12.4. The molecule has 0 aromatic heterocycles. The molecule has 1 aliphatic rings. The number of primary amides is 1. The van der Waals surface area contributed by atoms with Crippen molar-refractivity contribution in [1.29, 1.82) is 0 Å². The molecule has 0 saturated carbocycles. The summed E-state index contributed by atoms with van der Waals surface area (Å²) in [5, 5.41) is 3.97. The van der Waals surface area contributed by atoms with Crippen LogP contribution in [0.25, 0.3) is 0 Å². The number of likely N-dealkylation sites (tertiary alicyclic amines) is 1. The lowest BCUT2D eigenvalue weighted by molar-refractivity contribution is -0.118. The quantitative estimate of drug-likeness (QED) is 0.305. The molecule has 0 bridgehead atoms. The van der Waals surface area contributed by atoms with Gasteiger partial charge in [-0.05, 0) is 60.5 Å². The van der Waals surface area contributed by atoms with Gasteiger partial charge in [-0.3, -0.25) is 19.2 Å². The molecule has 4 rings (SSSR count). The molecule has 3 aromatic carbocycles. The van der Waals surface area contributed by atoms with E-state index >= 15 is 0 Å². The number of amides is 2. The van der Waals surface area contributed by atoms with E-state index in [1.165, 1.54) is 6.07 Å². The third-order valence-electron chi connectivity index (χ3n) is 6.46. The number of halogens is 2. The first kappa shape index (κ1) is 28.9. The second-order valence-electron chi connectivity index (χ2n) is 9.83. The predicted octanol–water partition coefficient (Wildman–Crippen LogP) is 4.45. The van der Waals surface area contributed by atoms with Gasteiger partial charge in [0.15, 0.2) is 0 Å². The maximum atomic E-state index is 13.0. The lowest BCUT2D eigenvalue weighted by Gasteiger charge is -2.44. The average molecular weight is 590 g/mol. The van der Waals surface area contributed by atoms with Crippen LogP contribution in [0.2, 0.25) is 10.0 Å². The molecule has 39 heavy (non-hydrogen) atoms. The Morgan fingerprint density at radius 3 is 2.08 bits per heavy atom. The zero-order valence-electron chi connectivity index (χ0n) is 21.3. The average Bonchev–Trinajstić information content (AvgIpc) is 2.84. The maximum absolute atomic E-state index is 13.0. The first-order chi connectivity index (χ1) is 18.5. The number of benzene rings is 3. The monoisotopic (exact) mass is 588 g/mol. The molecular formula is C28H30Cl2N4O4S. The smallest absolute Gasteiger partial charge is 0.251 e. The van der Waals surface area contributed by atoms with E-state index in [0.29, 0.717) is 28.8 Å². The Kier molecular flexibility index (Phi) is 9.17. The van der Waals surface area contributed by atoms with E-state index in [9.17, 15) is 18.0 Å². The zero-order chi connectivity index (χ0) is 28.2. The van der Waals surface area contributed by atoms with Gasteiger partial charge >= 0.3 is 0 Å². The fraction of sp³-hybridized carbons (Fsp3) is 0.286. The molecule has 4 N–H and O–H groups in total. The minimum absolute atomic E-state index is 0.00730. The largest absolute Gasteiger partial charge is 0.370 e. The van der Waals surface area contributed by atoms with Crippen molar-refractivity contribution in [3.63, 3.8) is 0 Å². The molecule has 1 aliphatic heterocycles. The number of carbonyl (C=O) groups is 2. The molecule has 1 fully saturated rings. The molecular weight excluding hydrogens is 559 g/mol.